The fourth-order valence-electron chi connectivity index (χ4n) is 2.17. The molecule has 0 radical (unpaired) electrons. The number of nitrogens with zero attached hydrogens (tertiary/aromatic N) is 3. The predicted octanol–water partition coefficient (Wildman–Crippen LogP) is 1.61. The van der Waals surface area contributed by atoms with Crippen LogP contribution in [0.3, 0.4) is 0 Å². The lowest BCUT2D eigenvalue weighted by Gasteiger charge is -2.18. The second-order valence-corrected chi connectivity index (χ2v) is 5.03. The summed E-state index contributed by atoms with van der Waals surface area (Å²) in [6, 6.07) is 8.23. The number of guanidine groups is 1. The van der Waals surface area contributed by atoms with Crippen molar-refractivity contribution in [2.75, 3.05) is 20.7 Å². The van der Waals surface area contributed by atoms with E-state index in [9.17, 15) is 4.39 Å². The van der Waals surface area contributed by atoms with Crippen molar-refractivity contribution in [3.8, 4) is 0 Å². The van der Waals surface area contributed by atoms with E-state index in [0.717, 1.165) is 11.3 Å². The molecule has 0 fully saturated rings. The van der Waals surface area contributed by atoms with Crippen LogP contribution in [0.25, 0.3) is 0 Å². The average Bonchev–Trinajstić information content (AvgIpc) is 2.97. The van der Waals surface area contributed by atoms with E-state index in [1.807, 2.05) is 13.1 Å². The van der Waals surface area contributed by atoms with Crippen LogP contribution in [-0.4, -0.2) is 36.4 Å². The van der Waals surface area contributed by atoms with E-state index < -0.39 is 0 Å². The van der Waals surface area contributed by atoms with E-state index >= 15 is 0 Å². The number of benzene rings is 1. The zero-order valence-electron chi connectivity index (χ0n) is 13.6. The van der Waals surface area contributed by atoms with Gasteiger partial charge in [-0.15, -0.1) is 0 Å². The molecular formula is C16H22FN5O. The fourth-order valence-corrected chi connectivity index (χ4v) is 2.17. The van der Waals surface area contributed by atoms with E-state index in [4.69, 9.17) is 4.74 Å². The topological polar surface area (TPSA) is 63.5 Å². The Bertz CT molecular complexity index is 638. The number of nitrogens with one attached hydrogen (secondary N) is 2. The van der Waals surface area contributed by atoms with Gasteiger partial charge in [0.15, 0.2) is 5.96 Å². The van der Waals surface area contributed by atoms with Gasteiger partial charge in [-0.1, -0.05) is 12.1 Å². The van der Waals surface area contributed by atoms with Gasteiger partial charge in [0.1, 0.15) is 5.82 Å². The highest BCUT2D eigenvalue weighted by Crippen LogP contribution is 2.16. The highest BCUT2D eigenvalue weighted by molar-refractivity contribution is 5.79. The van der Waals surface area contributed by atoms with E-state index in [1.54, 1.807) is 37.2 Å². The van der Waals surface area contributed by atoms with Crippen LogP contribution >= 0.6 is 0 Å². The molecule has 1 heterocycles. The number of methoxy groups -OCH3 is 1. The number of hydrogen-bond donors (Lipinski definition) is 2. The van der Waals surface area contributed by atoms with Crippen LogP contribution in [0.5, 0.6) is 0 Å². The summed E-state index contributed by atoms with van der Waals surface area (Å²) < 4.78 is 20.3. The van der Waals surface area contributed by atoms with Crippen molar-refractivity contribution < 1.29 is 9.13 Å². The second kappa shape index (κ2) is 8.28. The lowest BCUT2D eigenvalue weighted by Crippen LogP contribution is -2.39. The molecule has 0 saturated carbocycles. The molecule has 1 aromatic heterocycles. The van der Waals surface area contributed by atoms with Crippen molar-refractivity contribution in [3.05, 3.63) is 53.6 Å². The largest absolute Gasteiger partial charge is 0.375 e. The highest BCUT2D eigenvalue weighted by atomic mass is 19.1. The van der Waals surface area contributed by atoms with Crippen molar-refractivity contribution in [3.63, 3.8) is 0 Å². The summed E-state index contributed by atoms with van der Waals surface area (Å²) in [7, 11) is 5.22. The molecule has 124 valence electrons. The number of rotatable bonds is 6. The Hall–Kier alpha value is -2.41. The van der Waals surface area contributed by atoms with Gasteiger partial charge in [0, 0.05) is 33.9 Å². The Morgan fingerprint density at radius 3 is 2.61 bits per heavy atom. The van der Waals surface area contributed by atoms with Crippen LogP contribution in [-0.2, 0) is 18.3 Å². The summed E-state index contributed by atoms with van der Waals surface area (Å²) in [6.07, 6.45) is 1.56. The zero-order chi connectivity index (χ0) is 16.7. The molecule has 2 N–H and O–H groups in total. The molecule has 1 unspecified atom stereocenters. The van der Waals surface area contributed by atoms with Crippen LogP contribution in [0.4, 0.5) is 4.39 Å². The third kappa shape index (κ3) is 4.79. The smallest absolute Gasteiger partial charge is 0.191 e. The lowest BCUT2D eigenvalue weighted by atomic mass is 10.1. The third-order valence-corrected chi connectivity index (χ3v) is 3.56. The SMILES string of the molecule is CN=C(NCc1ccnn1C)NCC(OC)c1ccc(F)cc1. The van der Waals surface area contributed by atoms with Crippen LogP contribution in [0.1, 0.15) is 17.4 Å². The normalized spacial score (nSPS) is 13.0. The summed E-state index contributed by atoms with van der Waals surface area (Å²) in [4.78, 5) is 4.18. The monoisotopic (exact) mass is 319 g/mol. The Kier molecular flexibility index (Phi) is 6.10. The Balaban J connectivity index is 1.88. The molecule has 0 spiro atoms. The molecule has 2 aromatic rings. The minimum atomic E-state index is -0.259. The molecule has 0 aliphatic carbocycles. The molecule has 6 nitrogen and oxygen atoms in total. The van der Waals surface area contributed by atoms with E-state index in [0.29, 0.717) is 19.0 Å². The van der Waals surface area contributed by atoms with Gasteiger partial charge in [0.2, 0.25) is 0 Å². The quantitative estimate of drug-likeness (QED) is 0.627. The minimum absolute atomic E-state index is 0.189. The number of aryl methyl sites for hydroxylation is 1. The first kappa shape index (κ1) is 17.0. The van der Waals surface area contributed by atoms with Crippen LogP contribution < -0.4 is 10.6 Å². The summed E-state index contributed by atoms with van der Waals surface area (Å²) in [6.45, 7) is 1.14. The van der Waals surface area contributed by atoms with Crippen LogP contribution in [0, 0.1) is 5.82 Å². The van der Waals surface area contributed by atoms with Gasteiger partial charge in [-0.05, 0) is 23.8 Å². The van der Waals surface area contributed by atoms with Crippen molar-refractivity contribution in [2.45, 2.75) is 12.6 Å². The molecule has 0 saturated heterocycles. The molecule has 0 bridgehead atoms. The van der Waals surface area contributed by atoms with Gasteiger partial charge in [0.05, 0.1) is 18.3 Å². The number of aliphatic imine (C=N–C) groups is 1. The van der Waals surface area contributed by atoms with Gasteiger partial charge in [0.25, 0.3) is 0 Å². The maximum Gasteiger partial charge on any atom is 0.191 e. The summed E-state index contributed by atoms with van der Waals surface area (Å²) >= 11 is 0. The van der Waals surface area contributed by atoms with Crippen molar-refractivity contribution in [1.82, 2.24) is 20.4 Å². The van der Waals surface area contributed by atoms with Crippen molar-refractivity contribution >= 4 is 5.96 Å². The lowest BCUT2D eigenvalue weighted by molar-refractivity contribution is 0.106. The molecule has 7 heteroatoms. The van der Waals surface area contributed by atoms with Gasteiger partial charge in [-0.25, -0.2) is 4.39 Å². The second-order valence-electron chi connectivity index (χ2n) is 5.03. The molecule has 1 atom stereocenters. The Labute approximate surface area is 135 Å². The van der Waals surface area contributed by atoms with Gasteiger partial charge >= 0.3 is 0 Å². The standard InChI is InChI=1S/C16H22FN5O/c1-18-16(19-10-14-8-9-21-22(14)2)20-11-15(23-3)12-4-6-13(17)7-5-12/h4-9,15H,10-11H2,1-3H3,(H2,18,19,20). The van der Waals surface area contributed by atoms with Gasteiger partial charge in [-0.3, -0.25) is 9.67 Å². The van der Waals surface area contributed by atoms with Gasteiger partial charge < -0.3 is 15.4 Å². The van der Waals surface area contributed by atoms with Crippen molar-refractivity contribution in [1.29, 1.82) is 0 Å². The maximum absolute atomic E-state index is 13.0. The first-order valence-corrected chi connectivity index (χ1v) is 7.33. The predicted molar refractivity (Wildman–Crippen MR) is 87.6 cm³/mol. The fraction of sp³-hybridized carbons (Fsp3) is 0.375. The summed E-state index contributed by atoms with van der Waals surface area (Å²) in [5.41, 5.74) is 1.96. The van der Waals surface area contributed by atoms with Gasteiger partial charge in [-0.2, -0.15) is 5.10 Å². The minimum Gasteiger partial charge on any atom is -0.375 e. The highest BCUT2D eigenvalue weighted by Gasteiger charge is 2.11. The number of ether oxygens (including phenoxy) is 1. The van der Waals surface area contributed by atoms with E-state index in [2.05, 4.69) is 20.7 Å². The maximum atomic E-state index is 13.0. The molecule has 23 heavy (non-hydrogen) atoms. The average molecular weight is 319 g/mol. The van der Waals surface area contributed by atoms with Crippen LogP contribution in [0.2, 0.25) is 0 Å². The molecule has 0 amide bonds. The first-order valence-electron chi connectivity index (χ1n) is 7.33. The number of hydrogen-bond acceptors (Lipinski definition) is 3. The van der Waals surface area contributed by atoms with Crippen molar-refractivity contribution in [2.24, 2.45) is 12.0 Å². The first-order chi connectivity index (χ1) is 11.1. The Morgan fingerprint density at radius 1 is 1.30 bits per heavy atom. The molecule has 0 aliphatic rings. The van der Waals surface area contributed by atoms with E-state index in [1.165, 1.54) is 12.1 Å². The summed E-state index contributed by atoms with van der Waals surface area (Å²) in [5, 5.41) is 10.5. The number of halogens is 1. The molecule has 0 aliphatic heterocycles. The van der Waals surface area contributed by atoms with E-state index in [-0.39, 0.29) is 11.9 Å². The molecule has 1 aromatic carbocycles. The zero-order valence-corrected chi connectivity index (χ0v) is 13.6. The molecule has 2 rings (SSSR count). The third-order valence-electron chi connectivity index (χ3n) is 3.56. The van der Waals surface area contributed by atoms with Crippen LogP contribution in [0.15, 0.2) is 41.5 Å². The summed E-state index contributed by atoms with van der Waals surface area (Å²) in [5.74, 6) is 0.403. The number of aromatic nitrogens is 2. The molecular weight excluding hydrogens is 297 g/mol. The Morgan fingerprint density at radius 2 is 2.04 bits per heavy atom.